The van der Waals surface area contributed by atoms with E-state index in [1.165, 1.54) is 0 Å². The monoisotopic (exact) mass is 370 g/mol. The minimum absolute atomic E-state index is 0.129. The Morgan fingerprint density at radius 3 is 2.85 bits per heavy atom. The lowest BCUT2D eigenvalue weighted by Gasteiger charge is -2.30. The van der Waals surface area contributed by atoms with Gasteiger partial charge in [-0.1, -0.05) is 6.07 Å². The Labute approximate surface area is 158 Å². The maximum atomic E-state index is 13.0. The van der Waals surface area contributed by atoms with Crippen LogP contribution in [-0.2, 0) is 4.74 Å². The minimum atomic E-state index is -0.129. The molecule has 8 nitrogen and oxygen atoms in total. The summed E-state index contributed by atoms with van der Waals surface area (Å²) in [6.45, 7) is 6.51. The van der Waals surface area contributed by atoms with Gasteiger partial charge in [-0.3, -0.25) is 4.79 Å². The first-order chi connectivity index (χ1) is 13.2. The van der Waals surface area contributed by atoms with Gasteiger partial charge in [-0.2, -0.15) is 4.98 Å². The second-order valence-electron chi connectivity index (χ2n) is 7.04. The van der Waals surface area contributed by atoms with Crippen LogP contribution in [0.1, 0.15) is 18.5 Å². The van der Waals surface area contributed by atoms with E-state index in [0.717, 1.165) is 31.6 Å². The summed E-state index contributed by atoms with van der Waals surface area (Å²) in [7, 11) is 0. The van der Waals surface area contributed by atoms with E-state index in [-0.39, 0.29) is 11.6 Å². The quantitative estimate of drug-likeness (QED) is 0.828. The summed E-state index contributed by atoms with van der Waals surface area (Å²) in [5.41, 5.74) is 0.735. The van der Waals surface area contributed by atoms with E-state index in [4.69, 9.17) is 9.72 Å². The standard InChI is InChI=1S/C19H26N6O2/c1-14-4-2-6-17(21-14)25-18(26)12-16(22-15-5-3-7-20-13-15)23-19(25)24-8-10-27-11-9-24/h2,4,6,12,15,20,22H,3,5,7-11,13H2,1H3. The Morgan fingerprint density at radius 1 is 1.26 bits per heavy atom. The molecule has 2 aromatic heterocycles. The van der Waals surface area contributed by atoms with Gasteiger partial charge in [0.2, 0.25) is 5.95 Å². The van der Waals surface area contributed by atoms with Crippen molar-refractivity contribution in [3.63, 3.8) is 0 Å². The van der Waals surface area contributed by atoms with Crippen LogP contribution in [0.15, 0.2) is 29.1 Å². The molecule has 0 amide bonds. The van der Waals surface area contributed by atoms with Crippen LogP contribution < -0.4 is 21.1 Å². The van der Waals surface area contributed by atoms with Crippen LogP contribution in [0.4, 0.5) is 11.8 Å². The summed E-state index contributed by atoms with van der Waals surface area (Å²) in [4.78, 5) is 24.5. The number of hydrogen-bond acceptors (Lipinski definition) is 7. The predicted molar refractivity (Wildman–Crippen MR) is 105 cm³/mol. The van der Waals surface area contributed by atoms with Gasteiger partial charge in [-0.05, 0) is 38.4 Å². The van der Waals surface area contributed by atoms with Crippen molar-refractivity contribution in [2.45, 2.75) is 25.8 Å². The van der Waals surface area contributed by atoms with Crippen LogP contribution in [0.2, 0.25) is 0 Å². The van der Waals surface area contributed by atoms with Gasteiger partial charge in [0.15, 0.2) is 0 Å². The van der Waals surface area contributed by atoms with Crippen LogP contribution >= 0.6 is 0 Å². The van der Waals surface area contributed by atoms with Crippen molar-refractivity contribution < 1.29 is 4.74 Å². The summed E-state index contributed by atoms with van der Waals surface area (Å²) >= 11 is 0. The first-order valence-electron chi connectivity index (χ1n) is 9.59. The molecular weight excluding hydrogens is 344 g/mol. The van der Waals surface area contributed by atoms with E-state index in [0.29, 0.717) is 43.9 Å². The number of nitrogens with zero attached hydrogens (tertiary/aromatic N) is 4. The lowest BCUT2D eigenvalue weighted by molar-refractivity contribution is 0.121. The molecule has 4 rings (SSSR count). The highest BCUT2D eigenvalue weighted by atomic mass is 16.5. The van der Waals surface area contributed by atoms with Gasteiger partial charge < -0.3 is 20.3 Å². The molecule has 0 bridgehead atoms. The Bertz CT molecular complexity index is 840. The molecule has 1 atom stereocenters. The zero-order valence-electron chi connectivity index (χ0n) is 15.6. The topological polar surface area (TPSA) is 84.3 Å². The van der Waals surface area contributed by atoms with Crippen molar-refractivity contribution in [1.82, 2.24) is 19.9 Å². The van der Waals surface area contributed by atoms with Gasteiger partial charge in [0.05, 0.1) is 13.2 Å². The number of aromatic nitrogens is 3. The lowest BCUT2D eigenvalue weighted by atomic mass is 10.1. The summed E-state index contributed by atoms with van der Waals surface area (Å²) in [6, 6.07) is 7.53. The second kappa shape index (κ2) is 8.06. The third-order valence-electron chi connectivity index (χ3n) is 4.95. The fraction of sp³-hybridized carbons (Fsp3) is 0.526. The molecule has 0 spiro atoms. The molecule has 0 aliphatic carbocycles. The van der Waals surface area contributed by atoms with Gasteiger partial charge in [0.25, 0.3) is 5.56 Å². The number of hydrogen-bond donors (Lipinski definition) is 2. The van der Waals surface area contributed by atoms with Crippen LogP contribution in [0.25, 0.3) is 5.82 Å². The zero-order valence-corrected chi connectivity index (χ0v) is 15.6. The van der Waals surface area contributed by atoms with E-state index in [9.17, 15) is 4.79 Å². The molecule has 2 N–H and O–H groups in total. The highest BCUT2D eigenvalue weighted by Gasteiger charge is 2.21. The molecule has 8 heteroatoms. The number of morpholine rings is 1. The molecule has 0 radical (unpaired) electrons. The fourth-order valence-corrected chi connectivity index (χ4v) is 3.57. The first-order valence-corrected chi connectivity index (χ1v) is 9.59. The Balaban J connectivity index is 1.73. The average Bonchev–Trinajstić information content (AvgIpc) is 2.69. The molecule has 0 saturated carbocycles. The largest absolute Gasteiger partial charge is 0.378 e. The number of nitrogens with one attached hydrogen (secondary N) is 2. The molecule has 0 aromatic carbocycles. The highest BCUT2D eigenvalue weighted by molar-refractivity contribution is 5.48. The Hall–Kier alpha value is -2.45. The molecule has 2 aromatic rings. The van der Waals surface area contributed by atoms with E-state index in [1.807, 2.05) is 25.1 Å². The smallest absolute Gasteiger partial charge is 0.262 e. The number of pyridine rings is 1. The maximum Gasteiger partial charge on any atom is 0.262 e. The average molecular weight is 370 g/mol. The van der Waals surface area contributed by atoms with Crippen molar-refractivity contribution in [1.29, 1.82) is 0 Å². The van der Waals surface area contributed by atoms with Gasteiger partial charge in [0, 0.05) is 37.4 Å². The molecule has 2 fully saturated rings. The van der Waals surface area contributed by atoms with Gasteiger partial charge >= 0.3 is 0 Å². The van der Waals surface area contributed by atoms with E-state index < -0.39 is 0 Å². The molecular formula is C19H26N6O2. The summed E-state index contributed by atoms with van der Waals surface area (Å²) < 4.78 is 7.07. The third-order valence-corrected chi connectivity index (χ3v) is 4.95. The molecule has 2 aliphatic heterocycles. The maximum absolute atomic E-state index is 13.0. The number of ether oxygens (including phenoxy) is 1. The van der Waals surface area contributed by atoms with Gasteiger partial charge in [0.1, 0.15) is 11.6 Å². The number of piperidine rings is 1. The molecule has 27 heavy (non-hydrogen) atoms. The SMILES string of the molecule is Cc1cccc(-n2c(N3CCOCC3)nc(NC3CCCNC3)cc2=O)n1. The van der Waals surface area contributed by atoms with Crippen LogP contribution in [0.3, 0.4) is 0 Å². The Morgan fingerprint density at radius 2 is 2.11 bits per heavy atom. The van der Waals surface area contributed by atoms with Crippen LogP contribution in [0.5, 0.6) is 0 Å². The van der Waals surface area contributed by atoms with Crippen LogP contribution in [0, 0.1) is 6.92 Å². The summed E-state index contributed by atoms with van der Waals surface area (Å²) in [5.74, 6) is 1.84. The second-order valence-corrected chi connectivity index (χ2v) is 7.04. The van der Waals surface area contributed by atoms with Crippen LogP contribution in [-0.4, -0.2) is 60.0 Å². The summed E-state index contributed by atoms with van der Waals surface area (Å²) in [5, 5.41) is 6.81. The first kappa shape index (κ1) is 17.9. The molecule has 2 aliphatic rings. The Kier molecular flexibility index (Phi) is 5.35. The van der Waals surface area contributed by atoms with Gasteiger partial charge in [-0.15, -0.1) is 0 Å². The number of aryl methyl sites for hydroxylation is 1. The predicted octanol–water partition coefficient (Wildman–Crippen LogP) is 0.936. The third kappa shape index (κ3) is 4.12. The van der Waals surface area contributed by atoms with E-state index >= 15 is 0 Å². The normalized spacial score (nSPS) is 20.5. The molecule has 1 unspecified atom stereocenters. The van der Waals surface area contributed by atoms with Crippen molar-refractivity contribution in [3.8, 4) is 5.82 Å². The molecule has 4 heterocycles. The lowest BCUT2D eigenvalue weighted by Crippen LogP contribution is -2.42. The zero-order chi connectivity index (χ0) is 18.6. The summed E-state index contributed by atoms with van der Waals surface area (Å²) in [6.07, 6.45) is 2.20. The highest BCUT2D eigenvalue weighted by Crippen LogP contribution is 2.19. The molecule has 2 saturated heterocycles. The van der Waals surface area contributed by atoms with Crippen molar-refractivity contribution in [2.24, 2.45) is 0 Å². The molecule has 144 valence electrons. The van der Waals surface area contributed by atoms with Crippen molar-refractivity contribution >= 4 is 11.8 Å². The minimum Gasteiger partial charge on any atom is -0.378 e. The number of rotatable bonds is 4. The van der Waals surface area contributed by atoms with Crippen molar-refractivity contribution in [2.75, 3.05) is 49.6 Å². The fourth-order valence-electron chi connectivity index (χ4n) is 3.57. The van der Waals surface area contributed by atoms with Crippen molar-refractivity contribution in [3.05, 3.63) is 40.3 Å². The van der Waals surface area contributed by atoms with E-state index in [2.05, 4.69) is 20.5 Å². The number of anilines is 2. The van der Waals surface area contributed by atoms with Gasteiger partial charge in [-0.25, -0.2) is 9.55 Å². The van der Waals surface area contributed by atoms with E-state index in [1.54, 1.807) is 10.6 Å².